The van der Waals surface area contributed by atoms with Crippen molar-refractivity contribution in [2.75, 3.05) is 0 Å². The maximum absolute atomic E-state index is 2.50. The van der Waals surface area contributed by atoms with Crippen LogP contribution < -0.4 is 0 Å². The van der Waals surface area contributed by atoms with Crippen molar-refractivity contribution in [3.63, 3.8) is 0 Å². The summed E-state index contributed by atoms with van der Waals surface area (Å²) in [5.41, 5.74) is 11.1. The molecule has 1 nitrogen and oxygen atoms in total. The molecule has 224 valence electrons. The number of hydrogen-bond acceptors (Lipinski definition) is 1. The average molecular weight is 628 g/mol. The quantitative estimate of drug-likeness (QED) is 0.183. The highest BCUT2D eigenvalue weighted by Gasteiger charge is 2.19. The first-order valence-electron chi connectivity index (χ1n) is 16.4. The van der Waals surface area contributed by atoms with Crippen LogP contribution in [0.3, 0.4) is 0 Å². The molecule has 2 heteroatoms. The third-order valence-corrected chi connectivity index (χ3v) is 11.0. The number of hydrogen-bond donors (Lipinski definition) is 0. The van der Waals surface area contributed by atoms with E-state index in [2.05, 4.69) is 180 Å². The predicted molar refractivity (Wildman–Crippen MR) is 207 cm³/mol. The van der Waals surface area contributed by atoms with Crippen molar-refractivity contribution in [3.05, 3.63) is 176 Å². The molecule has 2 aromatic heterocycles. The van der Waals surface area contributed by atoms with E-state index in [1.165, 1.54) is 91.8 Å². The van der Waals surface area contributed by atoms with E-state index in [0.717, 1.165) is 0 Å². The molecular formula is C46H29NS. The van der Waals surface area contributed by atoms with Crippen molar-refractivity contribution in [1.82, 2.24) is 4.57 Å². The fourth-order valence-electron chi connectivity index (χ4n) is 7.39. The normalized spacial score (nSPS) is 11.8. The summed E-state index contributed by atoms with van der Waals surface area (Å²) in [6, 6.07) is 64.4. The van der Waals surface area contributed by atoms with Gasteiger partial charge in [-0.2, -0.15) is 0 Å². The Labute approximate surface area is 282 Å². The lowest BCUT2D eigenvalue weighted by atomic mass is 10.0. The molecule has 0 spiro atoms. The first-order valence-corrected chi connectivity index (χ1v) is 17.2. The van der Waals surface area contributed by atoms with E-state index in [0.29, 0.717) is 0 Å². The van der Waals surface area contributed by atoms with Crippen molar-refractivity contribution in [3.8, 4) is 39.1 Å². The maximum atomic E-state index is 2.50. The Morgan fingerprint density at radius 2 is 0.896 bits per heavy atom. The number of rotatable bonds is 4. The molecule has 10 aromatic rings. The molecule has 0 aliphatic heterocycles. The number of nitrogens with zero attached hydrogens (tertiary/aromatic N) is 1. The van der Waals surface area contributed by atoms with Gasteiger partial charge in [0.2, 0.25) is 0 Å². The SMILES string of the molecule is c1ccc(-c2ccc3c(c2)sc2c3ccc3c4ccc(-c5ccccc5)cc4n(-c4ccc(-c5ccc6ccccc6c5)cc4)c32)cc1. The fraction of sp³-hybridized carbons (Fsp3) is 0. The van der Waals surface area contributed by atoms with Gasteiger partial charge in [0.1, 0.15) is 0 Å². The second kappa shape index (κ2) is 10.8. The Kier molecular flexibility index (Phi) is 6.12. The highest BCUT2D eigenvalue weighted by atomic mass is 32.1. The van der Waals surface area contributed by atoms with Crippen LogP contribution in [0.15, 0.2) is 176 Å². The van der Waals surface area contributed by atoms with Crippen LogP contribution in [0.1, 0.15) is 0 Å². The van der Waals surface area contributed by atoms with E-state index in [-0.39, 0.29) is 0 Å². The van der Waals surface area contributed by atoms with Crippen LogP contribution in [-0.4, -0.2) is 4.57 Å². The van der Waals surface area contributed by atoms with Gasteiger partial charge in [0.25, 0.3) is 0 Å². The minimum Gasteiger partial charge on any atom is -0.308 e. The zero-order valence-corrected chi connectivity index (χ0v) is 26.9. The molecule has 0 atom stereocenters. The third kappa shape index (κ3) is 4.31. The molecule has 48 heavy (non-hydrogen) atoms. The molecule has 0 fully saturated rings. The lowest BCUT2D eigenvalue weighted by molar-refractivity contribution is 1.19. The molecular weight excluding hydrogens is 599 g/mol. The zero-order chi connectivity index (χ0) is 31.6. The zero-order valence-electron chi connectivity index (χ0n) is 26.1. The summed E-state index contributed by atoms with van der Waals surface area (Å²) in [7, 11) is 0. The Morgan fingerprint density at radius 1 is 0.354 bits per heavy atom. The lowest BCUT2D eigenvalue weighted by Crippen LogP contribution is -1.94. The van der Waals surface area contributed by atoms with Crippen LogP contribution in [0.2, 0.25) is 0 Å². The van der Waals surface area contributed by atoms with Crippen molar-refractivity contribution >= 4 is 64.1 Å². The smallest absolute Gasteiger partial charge is 0.0719 e. The molecule has 0 amide bonds. The van der Waals surface area contributed by atoms with Crippen molar-refractivity contribution in [1.29, 1.82) is 0 Å². The Hall–Kier alpha value is -5.96. The molecule has 2 heterocycles. The van der Waals surface area contributed by atoms with Crippen molar-refractivity contribution in [2.45, 2.75) is 0 Å². The highest BCUT2D eigenvalue weighted by Crippen LogP contribution is 2.44. The summed E-state index contributed by atoms with van der Waals surface area (Å²) >= 11 is 1.90. The van der Waals surface area contributed by atoms with E-state index in [1.807, 2.05) is 11.3 Å². The van der Waals surface area contributed by atoms with Crippen LogP contribution in [0, 0.1) is 0 Å². The van der Waals surface area contributed by atoms with Crippen LogP contribution in [-0.2, 0) is 0 Å². The van der Waals surface area contributed by atoms with Crippen molar-refractivity contribution in [2.24, 2.45) is 0 Å². The topological polar surface area (TPSA) is 4.93 Å². The summed E-state index contributed by atoms with van der Waals surface area (Å²) in [6.07, 6.45) is 0. The van der Waals surface area contributed by atoms with Gasteiger partial charge in [-0.3, -0.25) is 0 Å². The van der Waals surface area contributed by atoms with Crippen LogP contribution in [0.25, 0.3) is 91.8 Å². The van der Waals surface area contributed by atoms with Gasteiger partial charge in [-0.1, -0.05) is 146 Å². The first-order chi connectivity index (χ1) is 23.8. The van der Waals surface area contributed by atoms with Crippen LogP contribution >= 0.6 is 11.3 Å². The summed E-state index contributed by atoms with van der Waals surface area (Å²) < 4.78 is 5.13. The molecule has 0 unspecified atom stereocenters. The van der Waals surface area contributed by atoms with Gasteiger partial charge in [-0.15, -0.1) is 11.3 Å². The second-order valence-corrected chi connectivity index (χ2v) is 13.6. The summed E-state index contributed by atoms with van der Waals surface area (Å²) in [5, 5.41) is 7.70. The molecule has 0 saturated heterocycles. The molecule has 0 bridgehead atoms. The minimum atomic E-state index is 1.17. The Bertz CT molecular complexity index is 2800. The average Bonchev–Trinajstić information content (AvgIpc) is 3.70. The number of aromatic nitrogens is 1. The number of thiophene rings is 1. The molecule has 0 aliphatic carbocycles. The van der Waals surface area contributed by atoms with Gasteiger partial charge >= 0.3 is 0 Å². The summed E-state index contributed by atoms with van der Waals surface area (Å²) in [6.45, 7) is 0. The number of benzene rings is 8. The van der Waals surface area contributed by atoms with Gasteiger partial charge in [-0.05, 0) is 74.5 Å². The molecule has 10 rings (SSSR count). The Balaban J connectivity index is 1.22. The lowest BCUT2D eigenvalue weighted by Gasteiger charge is -2.11. The van der Waals surface area contributed by atoms with E-state index in [1.54, 1.807) is 0 Å². The minimum absolute atomic E-state index is 1.17. The third-order valence-electron chi connectivity index (χ3n) is 9.79. The van der Waals surface area contributed by atoms with Gasteiger partial charge in [0, 0.05) is 31.9 Å². The summed E-state index contributed by atoms with van der Waals surface area (Å²) in [4.78, 5) is 0. The standard InChI is InChI=1S/C46H29NS/c1-3-9-30(10-4-1)36-19-23-39-41-25-26-42-40-24-20-37(31-11-5-2-6-12-31)29-44(40)48-46(42)45(41)47(43(39)28-36)38-21-17-33(18-22-38)35-16-15-32-13-7-8-14-34(32)27-35/h1-29H. The largest absolute Gasteiger partial charge is 0.308 e. The molecule has 0 N–H and O–H groups in total. The maximum Gasteiger partial charge on any atom is 0.0719 e. The number of fused-ring (bicyclic) bond motifs is 8. The van der Waals surface area contributed by atoms with Gasteiger partial charge in [0.15, 0.2) is 0 Å². The van der Waals surface area contributed by atoms with Gasteiger partial charge < -0.3 is 4.57 Å². The molecule has 0 aliphatic rings. The van der Waals surface area contributed by atoms with E-state index >= 15 is 0 Å². The summed E-state index contributed by atoms with van der Waals surface area (Å²) in [5.74, 6) is 0. The highest BCUT2D eigenvalue weighted by molar-refractivity contribution is 7.26. The van der Waals surface area contributed by atoms with E-state index in [9.17, 15) is 0 Å². The monoisotopic (exact) mass is 627 g/mol. The second-order valence-electron chi connectivity index (χ2n) is 12.6. The van der Waals surface area contributed by atoms with Gasteiger partial charge in [-0.25, -0.2) is 0 Å². The molecule has 8 aromatic carbocycles. The molecule has 0 radical (unpaired) electrons. The van der Waals surface area contributed by atoms with Crippen LogP contribution in [0.5, 0.6) is 0 Å². The Morgan fingerprint density at radius 3 is 1.65 bits per heavy atom. The van der Waals surface area contributed by atoms with E-state index in [4.69, 9.17) is 0 Å². The van der Waals surface area contributed by atoms with Crippen LogP contribution in [0.4, 0.5) is 0 Å². The fourth-order valence-corrected chi connectivity index (χ4v) is 8.67. The van der Waals surface area contributed by atoms with E-state index < -0.39 is 0 Å². The van der Waals surface area contributed by atoms with Gasteiger partial charge in [0.05, 0.1) is 15.7 Å². The predicted octanol–water partition coefficient (Wildman–Crippen LogP) is 13.3. The van der Waals surface area contributed by atoms with Crippen molar-refractivity contribution < 1.29 is 0 Å². The molecule has 0 saturated carbocycles. The first kappa shape index (κ1) is 27.2.